The fourth-order valence-corrected chi connectivity index (χ4v) is 2.67. The van der Waals surface area contributed by atoms with Gasteiger partial charge in [0.25, 0.3) is 5.91 Å². The maximum absolute atomic E-state index is 13.0. The lowest BCUT2D eigenvalue weighted by Crippen LogP contribution is -2.37. The summed E-state index contributed by atoms with van der Waals surface area (Å²) in [6, 6.07) is 12.0. The molecule has 1 aliphatic rings. The Morgan fingerprint density at radius 3 is 2.43 bits per heavy atom. The van der Waals surface area contributed by atoms with E-state index in [0.29, 0.717) is 22.8 Å². The molecule has 1 saturated heterocycles. The van der Waals surface area contributed by atoms with Crippen LogP contribution in [0.5, 0.6) is 0 Å². The molecule has 3 rings (SSSR count). The Morgan fingerprint density at radius 2 is 1.78 bits per heavy atom. The molecule has 1 heterocycles. The molecular weight excluding hydrogens is 319 g/mol. The molecule has 0 aromatic heterocycles. The number of anilines is 1. The second-order valence-electron chi connectivity index (χ2n) is 5.36. The van der Waals surface area contributed by atoms with Gasteiger partial charge in [-0.05, 0) is 48.5 Å². The highest BCUT2D eigenvalue weighted by Gasteiger charge is 2.31. The minimum atomic E-state index is -0.354. The zero-order chi connectivity index (χ0) is 16.4. The molecule has 0 radical (unpaired) electrons. The van der Waals surface area contributed by atoms with Crippen molar-refractivity contribution in [2.24, 2.45) is 0 Å². The zero-order valence-corrected chi connectivity index (χ0v) is 12.9. The van der Waals surface area contributed by atoms with Gasteiger partial charge in [-0.3, -0.25) is 9.59 Å². The van der Waals surface area contributed by atoms with E-state index in [-0.39, 0.29) is 30.1 Å². The molecule has 1 atom stereocenters. The first-order valence-electron chi connectivity index (χ1n) is 7.15. The number of hydrogen-bond acceptors (Lipinski definition) is 2. The van der Waals surface area contributed by atoms with Crippen LogP contribution in [0, 0.1) is 5.82 Å². The van der Waals surface area contributed by atoms with Crippen molar-refractivity contribution in [3.05, 3.63) is 64.9 Å². The number of halogens is 2. The molecule has 23 heavy (non-hydrogen) atoms. The quantitative estimate of drug-likeness (QED) is 0.939. The van der Waals surface area contributed by atoms with Crippen LogP contribution in [0.15, 0.2) is 48.5 Å². The topological polar surface area (TPSA) is 49.4 Å². The van der Waals surface area contributed by atoms with Crippen LogP contribution in [-0.2, 0) is 4.79 Å². The summed E-state index contributed by atoms with van der Waals surface area (Å²) in [7, 11) is 0. The van der Waals surface area contributed by atoms with E-state index in [2.05, 4.69) is 5.32 Å². The van der Waals surface area contributed by atoms with E-state index >= 15 is 0 Å². The molecule has 1 aliphatic heterocycles. The molecular formula is C17H14ClFN2O2. The Hall–Kier alpha value is -2.40. The lowest BCUT2D eigenvalue weighted by atomic mass is 10.2. The normalized spacial score (nSPS) is 17.4. The third-order valence-electron chi connectivity index (χ3n) is 3.70. The molecule has 0 saturated carbocycles. The number of carbonyl (C=O) groups excluding carboxylic acids is 2. The van der Waals surface area contributed by atoms with Gasteiger partial charge in [0.15, 0.2) is 0 Å². The van der Waals surface area contributed by atoms with Crippen molar-refractivity contribution in [1.29, 1.82) is 0 Å². The van der Waals surface area contributed by atoms with Crippen molar-refractivity contribution >= 4 is 29.1 Å². The number of hydrogen-bond donors (Lipinski definition) is 1. The predicted octanol–water partition coefficient (Wildman–Crippen LogP) is 3.01. The molecule has 2 amide bonds. The van der Waals surface area contributed by atoms with Crippen LogP contribution in [0.1, 0.15) is 16.8 Å². The van der Waals surface area contributed by atoms with Crippen LogP contribution in [-0.4, -0.2) is 24.4 Å². The first kappa shape index (κ1) is 15.5. The Bertz CT molecular complexity index is 731. The van der Waals surface area contributed by atoms with Gasteiger partial charge in [0.1, 0.15) is 5.82 Å². The highest BCUT2D eigenvalue weighted by atomic mass is 35.5. The fourth-order valence-electron chi connectivity index (χ4n) is 2.54. The Labute approximate surface area is 137 Å². The summed E-state index contributed by atoms with van der Waals surface area (Å²) < 4.78 is 13.0. The van der Waals surface area contributed by atoms with Crippen LogP contribution in [0.2, 0.25) is 5.02 Å². The summed E-state index contributed by atoms with van der Waals surface area (Å²) >= 11 is 5.79. The maximum Gasteiger partial charge on any atom is 0.251 e. The molecule has 118 valence electrons. The van der Waals surface area contributed by atoms with Gasteiger partial charge in [-0.15, -0.1) is 0 Å². The third-order valence-corrected chi connectivity index (χ3v) is 3.96. The van der Waals surface area contributed by atoms with Crippen molar-refractivity contribution in [3.63, 3.8) is 0 Å². The van der Waals surface area contributed by atoms with E-state index in [9.17, 15) is 14.0 Å². The number of benzene rings is 2. The van der Waals surface area contributed by atoms with Gasteiger partial charge >= 0.3 is 0 Å². The summed E-state index contributed by atoms with van der Waals surface area (Å²) in [5, 5.41) is 3.39. The Morgan fingerprint density at radius 1 is 1.13 bits per heavy atom. The van der Waals surface area contributed by atoms with Gasteiger partial charge in [0.2, 0.25) is 5.91 Å². The number of carbonyl (C=O) groups is 2. The van der Waals surface area contributed by atoms with Crippen LogP contribution in [0.3, 0.4) is 0 Å². The van der Waals surface area contributed by atoms with E-state index in [1.807, 2.05) is 0 Å². The first-order chi connectivity index (χ1) is 11.0. The highest BCUT2D eigenvalue weighted by Crippen LogP contribution is 2.22. The SMILES string of the molecule is O=C(N[C@H]1CC(=O)N(c2ccc(F)cc2)C1)c1ccc(Cl)cc1. The second-order valence-corrected chi connectivity index (χ2v) is 5.80. The summed E-state index contributed by atoms with van der Waals surface area (Å²) in [5.41, 5.74) is 1.11. The largest absolute Gasteiger partial charge is 0.347 e. The van der Waals surface area contributed by atoms with Gasteiger partial charge in [0.05, 0.1) is 6.04 Å². The zero-order valence-electron chi connectivity index (χ0n) is 12.1. The van der Waals surface area contributed by atoms with E-state index < -0.39 is 0 Å². The Balaban J connectivity index is 1.66. The Kier molecular flexibility index (Phi) is 4.30. The van der Waals surface area contributed by atoms with Crippen LogP contribution >= 0.6 is 11.6 Å². The van der Waals surface area contributed by atoms with E-state index in [4.69, 9.17) is 11.6 Å². The van der Waals surface area contributed by atoms with Crippen LogP contribution < -0.4 is 10.2 Å². The van der Waals surface area contributed by atoms with Gasteiger partial charge < -0.3 is 10.2 Å². The lowest BCUT2D eigenvalue weighted by Gasteiger charge is -2.17. The standard InChI is InChI=1S/C17H14ClFN2O2/c18-12-3-1-11(2-4-12)17(23)20-14-9-16(22)21(10-14)15-7-5-13(19)6-8-15/h1-8,14H,9-10H2,(H,20,23)/t14-/m0/s1. The highest BCUT2D eigenvalue weighted by molar-refractivity contribution is 6.30. The molecule has 1 fully saturated rings. The van der Waals surface area contributed by atoms with Crippen molar-refractivity contribution in [2.45, 2.75) is 12.5 Å². The van der Waals surface area contributed by atoms with Gasteiger partial charge in [-0.1, -0.05) is 11.6 Å². The summed E-state index contributed by atoms with van der Waals surface area (Å²) in [6.45, 7) is 0.365. The number of nitrogens with one attached hydrogen (secondary N) is 1. The second kappa shape index (κ2) is 6.38. The lowest BCUT2D eigenvalue weighted by molar-refractivity contribution is -0.117. The third kappa shape index (κ3) is 3.51. The van der Waals surface area contributed by atoms with E-state index in [1.54, 1.807) is 41.3 Å². The van der Waals surface area contributed by atoms with Crippen molar-refractivity contribution in [2.75, 3.05) is 11.4 Å². The van der Waals surface area contributed by atoms with Crippen LogP contribution in [0.25, 0.3) is 0 Å². The number of rotatable bonds is 3. The first-order valence-corrected chi connectivity index (χ1v) is 7.53. The van der Waals surface area contributed by atoms with E-state index in [0.717, 1.165) is 0 Å². The molecule has 4 nitrogen and oxygen atoms in total. The van der Waals surface area contributed by atoms with Gasteiger partial charge in [-0.25, -0.2) is 4.39 Å². The molecule has 1 N–H and O–H groups in total. The molecule has 0 unspecified atom stereocenters. The van der Waals surface area contributed by atoms with Crippen molar-refractivity contribution < 1.29 is 14.0 Å². The average molecular weight is 333 g/mol. The minimum absolute atomic E-state index is 0.0991. The fraction of sp³-hybridized carbons (Fsp3) is 0.176. The molecule has 0 spiro atoms. The van der Waals surface area contributed by atoms with E-state index in [1.165, 1.54) is 12.1 Å². The molecule has 0 bridgehead atoms. The van der Waals surface area contributed by atoms with Crippen LogP contribution in [0.4, 0.5) is 10.1 Å². The minimum Gasteiger partial charge on any atom is -0.347 e. The summed E-state index contributed by atoms with van der Waals surface area (Å²) in [4.78, 5) is 25.8. The summed E-state index contributed by atoms with van der Waals surface area (Å²) in [5.74, 6) is -0.702. The van der Waals surface area contributed by atoms with Gasteiger partial charge in [0, 0.05) is 29.2 Å². The average Bonchev–Trinajstić information content (AvgIpc) is 2.89. The number of amides is 2. The number of nitrogens with zero attached hydrogens (tertiary/aromatic N) is 1. The van der Waals surface area contributed by atoms with Crippen molar-refractivity contribution in [1.82, 2.24) is 5.32 Å². The molecule has 2 aromatic rings. The maximum atomic E-state index is 13.0. The molecule has 6 heteroatoms. The molecule has 2 aromatic carbocycles. The predicted molar refractivity (Wildman–Crippen MR) is 86.1 cm³/mol. The van der Waals surface area contributed by atoms with Crippen molar-refractivity contribution in [3.8, 4) is 0 Å². The summed E-state index contributed by atoms with van der Waals surface area (Å²) in [6.07, 6.45) is 0.219. The molecule has 0 aliphatic carbocycles. The van der Waals surface area contributed by atoms with Gasteiger partial charge in [-0.2, -0.15) is 0 Å². The smallest absolute Gasteiger partial charge is 0.251 e. The monoisotopic (exact) mass is 332 g/mol.